The number of nitrogens with zero attached hydrogens (tertiary/aromatic N) is 4. The topological polar surface area (TPSA) is 95.8 Å². The fourth-order valence-electron chi connectivity index (χ4n) is 4.32. The second-order valence-electron chi connectivity index (χ2n) is 8.69. The lowest BCUT2D eigenvalue weighted by molar-refractivity contribution is -0.274. The monoisotopic (exact) mass is 538 g/mol. The zero-order valence-electron chi connectivity index (χ0n) is 20.0. The first kappa shape index (κ1) is 25.7. The number of ether oxygens (including phenoxy) is 2. The van der Waals surface area contributed by atoms with Crippen LogP contribution in [0.4, 0.5) is 23.4 Å². The summed E-state index contributed by atoms with van der Waals surface area (Å²) in [5.41, 5.74) is 0.657. The molecule has 2 aliphatic heterocycles. The van der Waals surface area contributed by atoms with E-state index in [0.29, 0.717) is 43.1 Å². The molecule has 12 heteroatoms. The van der Waals surface area contributed by atoms with Gasteiger partial charge in [0.05, 0.1) is 16.7 Å². The molecule has 3 aromatic rings. The Kier molecular flexibility index (Phi) is 6.66. The molecule has 1 amide bonds. The average Bonchev–Trinajstić information content (AvgIpc) is 3.22. The summed E-state index contributed by atoms with van der Waals surface area (Å²) in [6.07, 6.45) is -2.12. The number of amides is 1. The lowest BCUT2D eigenvalue weighted by Gasteiger charge is -2.35. The molecule has 0 bridgehead atoms. The van der Waals surface area contributed by atoms with E-state index in [1.165, 1.54) is 29.3 Å². The number of fused-ring (bicyclic) bond motifs is 1. The number of piperazine rings is 1. The Balaban J connectivity index is 1.34. The number of hydrogen-bond acceptors (Lipinski definition) is 7. The minimum atomic E-state index is -4.92. The van der Waals surface area contributed by atoms with Gasteiger partial charge in [-0.2, -0.15) is 5.26 Å². The smallest absolute Gasteiger partial charge is 0.422 e. The van der Waals surface area contributed by atoms with Crippen LogP contribution in [0.2, 0.25) is 0 Å². The highest BCUT2D eigenvalue weighted by Crippen LogP contribution is 2.35. The molecule has 0 atom stereocenters. The number of carbonyl (C=O) groups is 2. The van der Waals surface area contributed by atoms with Crippen molar-refractivity contribution in [3.05, 3.63) is 88.4 Å². The van der Waals surface area contributed by atoms with E-state index in [1.54, 1.807) is 12.1 Å². The molecule has 0 aliphatic carbocycles. The van der Waals surface area contributed by atoms with Gasteiger partial charge in [0.15, 0.2) is 0 Å². The Morgan fingerprint density at radius 1 is 1.05 bits per heavy atom. The van der Waals surface area contributed by atoms with Gasteiger partial charge in [0, 0.05) is 37.9 Å². The van der Waals surface area contributed by atoms with Gasteiger partial charge < -0.3 is 19.3 Å². The number of nitriles is 1. The van der Waals surface area contributed by atoms with Crippen molar-refractivity contribution in [1.29, 1.82) is 5.26 Å². The van der Waals surface area contributed by atoms with Crippen LogP contribution in [0.25, 0.3) is 11.8 Å². The Morgan fingerprint density at radius 2 is 1.82 bits per heavy atom. The number of hydrogen-bond donors (Lipinski definition) is 0. The van der Waals surface area contributed by atoms with Crippen molar-refractivity contribution in [2.45, 2.75) is 6.36 Å². The van der Waals surface area contributed by atoms with Crippen molar-refractivity contribution < 1.29 is 36.6 Å². The van der Waals surface area contributed by atoms with Crippen LogP contribution in [-0.2, 0) is 4.74 Å². The summed E-state index contributed by atoms with van der Waals surface area (Å²) in [5, 5.41) is 8.92. The molecule has 198 valence electrons. The highest BCUT2D eigenvalue weighted by atomic mass is 19.4. The number of pyridine rings is 1. The molecule has 0 spiro atoms. The molecule has 2 aromatic carbocycles. The predicted octanol–water partition coefficient (Wildman–Crippen LogP) is 4.62. The Morgan fingerprint density at radius 3 is 2.49 bits per heavy atom. The summed E-state index contributed by atoms with van der Waals surface area (Å²) in [6, 6.07) is 12.3. The van der Waals surface area contributed by atoms with Gasteiger partial charge in [0.25, 0.3) is 5.91 Å². The SMILES string of the molecule is N#Cc1ccc(N2CCN(C(=O)c3cc(/C=C4\OC(=O)c5ccc(OC(F)(F)F)cc54)ccc3F)CC2)nc1. The molecule has 2 aliphatic rings. The van der Waals surface area contributed by atoms with Gasteiger partial charge in [-0.05, 0) is 54.1 Å². The van der Waals surface area contributed by atoms with Crippen LogP contribution in [0, 0.1) is 17.1 Å². The van der Waals surface area contributed by atoms with E-state index in [1.807, 2.05) is 11.0 Å². The number of cyclic esters (lactones) is 1. The van der Waals surface area contributed by atoms with Crippen molar-refractivity contribution >= 4 is 29.5 Å². The lowest BCUT2D eigenvalue weighted by Crippen LogP contribution is -2.49. The molecule has 0 unspecified atom stereocenters. The molecule has 3 heterocycles. The zero-order valence-corrected chi connectivity index (χ0v) is 20.0. The maximum atomic E-state index is 14.7. The van der Waals surface area contributed by atoms with Crippen LogP contribution in [0.1, 0.15) is 37.4 Å². The van der Waals surface area contributed by atoms with Gasteiger partial charge in [-0.15, -0.1) is 13.2 Å². The fourth-order valence-corrected chi connectivity index (χ4v) is 4.32. The van der Waals surface area contributed by atoms with Crippen LogP contribution in [-0.4, -0.2) is 54.3 Å². The van der Waals surface area contributed by atoms with E-state index >= 15 is 0 Å². The molecular formula is C27H18F4N4O4. The third-order valence-corrected chi connectivity index (χ3v) is 6.20. The highest BCUT2D eigenvalue weighted by molar-refractivity contribution is 6.06. The third-order valence-electron chi connectivity index (χ3n) is 6.20. The molecule has 0 N–H and O–H groups in total. The van der Waals surface area contributed by atoms with Crippen molar-refractivity contribution in [2.75, 3.05) is 31.1 Å². The van der Waals surface area contributed by atoms with E-state index in [-0.39, 0.29) is 22.4 Å². The average molecular weight is 538 g/mol. The third kappa shape index (κ3) is 5.52. The van der Waals surface area contributed by atoms with Crippen molar-refractivity contribution in [3.63, 3.8) is 0 Å². The van der Waals surface area contributed by atoms with Crippen LogP contribution in [0.3, 0.4) is 0 Å². The summed E-state index contributed by atoms with van der Waals surface area (Å²) < 4.78 is 61.7. The maximum absolute atomic E-state index is 14.7. The van der Waals surface area contributed by atoms with E-state index in [9.17, 15) is 27.2 Å². The molecular weight excluding hydrogens is 520 g/mol. The Hall–Kier alpha value is -4.92. The van der Waals surface area contributed by atoms with Crippen LogP contribution < -0.4 is 9.64 Å². The lowest BCUT2D eigenvalue weighted by atomic mass is 10.0. The minimum Gasteiger partial charge on any atom is -0.422 e. The van der Waals surface area contributed by atoms with Crippen LogP contribution >= 0.6 is 0 Å². The number of esters is 1. The van der Waals surface area contributed by atoms with Crippen molar-refractivity contribution in [2.24, 2.45) is 0 Å². The predicted molar refractivity (Wildman–Crippen MR) is 130 cm³/mol. The quantitative estimate of drug-likeness (QED) is 0.353. The fraction of sp³-hybridized carbons (Fsp3) is 0.185. The number of rotatable bonds is 4. The Bertz CT molecular complexity index is 1520. The second kappa shape index (κ2) is 10.1. The van der Waals surface area contributed by atoms with Gasteiger partial charge in [-0.1, -0.05) is 6.07 Å². The molecule has 0 saturated carbocycles. The number of aromatic nitrogens is 1. The number of alkyl halides is 3. The van der Waals surface area contributed by atoms with E-state index in [2.05, 4.69) is 9.72 Å². The molecule has 0 radical (unpaired) electrons. The van der Waals surface area contributed by atoms with E-state index in [0.717, 1.165) is 24.3 Å². The van der Waals surface area contributed by atoms with E-state index < -0.39 is 29.8 Å². The van der Waals surface area contributed by atoms with Gasteiger partial charge in [0.1, 0.15) is 29.2 Å². The second-order valence-corrected chi connectivity index (χ2v) is 8.69. The van der Waals surface area contributed by atoms with E-state index in [4.69, 9.17) is 10.00 Å². The number of benzene rings is 2. The van der Waals surface area contributed by atoms with Crippen molar-refractivity contribution in [1.82, 2.24) is 9.88 Å². The first-order valence-electron chi connectivity index (χ1n) is 11.7. The van der Waals surface area contributed by atoms with Gasteiger partial charge in [-0.3, -0.25) is 4.79 Å². The molecule has 5 rings (SSSR count). The summed E-state index contributed by atoms with van der Waals surface area (Å²) in [4.78, 5) is 33.0. The summed E-state index contributed by atoms with van der Waals surface area (Å²) in [5.74, 6) is -1.97. The Labute approximate surface area is 219 Å². The maximum Gasteiger partial charge on any atom is 0.573 e. The zero-order chi connectivity index (χ0) is 27.7. The molecule has 1 saturated heterocycles. The molecule has 1 aromatic heterocycles. The van der Waals surface area contributed by atoms with Gasteiger partial charge in [-0.25, -0.2) is 14.2 Å². The van der Waals surface area contributed by atoms with Crippen LogP contribution in [0.5, 0.6) is 5.75 Å². The first-order valence-corrected chi connectivity index (χ1v) is 11.7. The standard InChI is InChI=1S/C27H18F4N4O4/c28-22-5-1-16(12-23-20-13-18(39-27(29,30)31)3-4-19(20)26(37)38-23)11-21(22)25(36)35-9-7-34(8-10-35)24-6-2-17(14-32)15-33-24/h1-6,11-13,15H,7-10H2/b23-12-. The van der Waals surface area contributed by atoms with Gasteiger partial charge in [0.2, 0.25) is 0 Å². The molecule has 1 fully saturated rings. The first-order chi connectivity index (χ1) is 18.6. The largest absolute Gasteiger partial charge is 0.573 e. The minimum absolute atomic E-state index is 0.0452. The highest BCUT2D eigenvalue weighted by Gasteiger charge is 2.33. The van der Waals surface area contributed by atoms with Crippen molar-refractivity contribution in [3.8, 4) is 11.8 Å². The van der Waals surface area contributed by atoms with Crippen LogP contribution in [0.15, 0.2) is 54.7 Å². The normalized spacial score (nSPS) is 16.1. The summed E-state index contributed by atoms with van der Waals surface area (Å²) in [6.45, 7) is 1.51. The molecule has 39 heavy (non-hydrogen) atoms. The van der Waals surface area contributed by atoms with Gasteiger partial charge >= 0.3 is 12.3 Å². The number of anilines is 1. The summed E-state index contributed by atoms with van der Waals surface area (Å²) >= 11 is 0. The number of halogens is 4. The number of carbonyl (C=O) groups excluding carboxylic acids is 2. The molecule has 8 nitrogen and oxygen atoms in total. The summed E-state index contributed by atoms with van der Waals surface area (Å²) in [7, 11) is 0.